The third-order valence-electron chi connectivity index (χ3n) is 4.28. The summed E-state index contributed by atoms with van der Waals surface area (Å²) >= 11 is 0. The maximum Gasteiger partial charge on any atom is 0.119 e. The normalized spacial score (nSPS) is 18.6. The minimum absolute atomic E-state index is 0.393. The fourth-order valence-electron chi connectivity index (χ4n) is 2.89. The molecule has 0 bridgehead atoms. The summed E-state index contributed by atoms with van der Waals surface area (Å²) in [6.07, 6.45) is 1.30. The molecule has 0 aromatic heterocycles. The topological polar surface area (TPSA) is 38.5 Å². The smallest absolute Gasteiger partial charge is 0.119 e. The summed E-state index contributed by atoms with van der Waals surface area (Å²) in [6.45, 7) is 8.32. The van der Waals surface area contributed by atoms with Crippen LogP contribution in [0.1, 0.15) is 31.4 Å². The predicted molar refractivity (Wildman–Crippen MR) is 87.1 cm³/mol. The molecule has 1 aliphatic heterocycles. The number of hydrogen-bond acceptors (Lipinski definition) is 3. The van der Waals surface area contributed by atoms with Gasteiger partial charge in [0.2, 0.25) is 0 Å². The lowest BCUT2D eigenvalue weighted by Gasteiger charge is -2.19. The highest BCUT2D eigenvalue weighted by Crippen LogP contribution is 2.26. The average molecular weight is 286 g/mol. The first-order valence-electron chi connectivity index (χ1n) is 7.72. The van der Waals surface area contributed by atoms with Crippen LogP contribution in [-0.2, 0) is 6.54 Å². The van der Waals surface area contributed by atoms with E-state index in [-0.39, 0.29) is 0 Å². The Morgan fingerprint density at radius 1 is 1.43 bits per heavy atom. The SMILES string of the molecule is COc1ccc(C#CCN)c(CN2CCC(C(C)C)C2)c1. The van der Waals surface area contributed by atoms with Crippen molar-refractivity contribution in [2.45, 2.75) is 26.8 Å². The number of ether oxygens (including phenoxy) is 1. The van der Waals surface area contributed by atoms with Crippen LogP contribution in [0.25, 0.3) is 0 Å². The Bertz CT molecular complexity index is 528. The third-order valence-corrected chi connectivity index (χ3v) is 4.28. The van der Waals surface area contributed by atoms with Crippen LogP contribution in [-0.4, -0.2) is 31.6 Å². The number of methoxy groups -OCH3 is 1. The monoisotopic (exact) mass is 286 g/mol. The van der Waals surface area contributed by atoms with Crippen molar-refractivity contribution in [1.29, 1.82) is 0 Å². The lowest BCUT2D eigenvalue weighted by molar-refractivity contribution is 0.296. The summed E-state index contributed by atoms with van der Waals surface area (Å²) < 4.78 is 5.35. The molecule has 1 aromatic rings. The zero-order valence-corrected chi connectivity index (χ0v) is 13.4. The molecule has 2 rings (SSSR count). The summed E-state index contributed by atoms with van der Waals surface area (Å²) in [7, 11) is 1.70. The molecule has 21 heavy (non-hydrogen) atoms. The molecule has 3 heteroatoms. The zero-order chi connectivity index (χ0) is 15.2. The fourth-order valence-corrected chi connectivity index (χ4v) is 2.89. The molecule has 0 aliphatic carbocycles. The van der Waals surface area contributed by atoms with Crippen molar-refractivity contribution in [3.63, 3.8) is 0 Å². The molecule has 1 atom stereocenters. The van der Waals surface area contributed by atoms with Crippen LogP contribution in [0.3, 0.4) is 0 Å². The Labute approximate surface area is 128 Å². The highest BCUT2D eigenvalue weighted by atomic mass is 16.5. The zero-order valence-electron chi connectivity index (χ0n) is 13.4. The van der Waals surface area contributed by atoms with Gasteiger partial charge in [-0.15, -0.1) is 0 Å². The summed E-state index contributed by atoms with van der Waals surface area (Å²) in [5.41, 5.74) is 7.79. The van der Waals surface area contributed by atoms with Crippen molar-refractivity contribution >= 4 is 0 Å². The van der Waals surface area contributed by atoms with Gasteiger partial charge >= 0.3 is 0 Å². The number of hydrogen-bond donors (Lipinski definition) is 1. The van der Waals surface area contributed by atoms with Gasteiger partial charge in [0.05, 0.1) is 13.7 Å². The van der Waals surface area contributed by atoms with E-state index in [1.165, 1.54) is 25.1 Å². The van der Waals surface area contributed by atoms with Gasteiger partial charge in [0.25, 0.3) is 0 Å². The molecule has 1 unspecified atom stereocenters. The Hall–Kier alpha value is -1.50. The molecule has 1 aliphatic rings. The maximum atomic E-state index is 5.49. The Balaban J connectivity index is 2.14. The van der Waals surface area contributed by atoms with E-state index in [9.17, 15) is 0 Å². The minimum Gasteiger partial charge on any atom is -0.497 e. The van der Waals surface area contributed by atoms with Crippen LogP contribution < -0.4 is 10.5 Å². The highest BCUT2D eigenvalue weighted by molar-refractivity contribution is 5.45. The lowest BCUT2D eigenvalue weighted by Crippen LogP contribution is -2.22. The van der Waals surface area contributed by atoms with Crippen LogP contribution in [0.15, 0.2) is 18.2 Å². The van der Waals surface area contributed by atoms with E-state index in [4.69, 9.17) is 10.5 Å². The van der Waals surface area contributed by atoms with Gasteiger partial charge in [0.1, 0.15) is 5.75 Å². The number of rotatable bonds is 4. The van der Waals surface area contributed by atoms with Crippen molar-refractivity contribution in [1.82, 2.24) is 4.90 Å². The van der Waals surface area contributed by atoms with E-state index < -0.39 is 0 Å². The largest absolute Gasteiger partial charge is 0.497 e. The van der Waals surface area contributed by atoms with E-state index in [1.54, 1.807) is 7.11 Å². The van der Waals surface area contributed by atoms with E-state index in [2.05, 4.69) is 36.7 Å². The second-order valence-electron chi connectivity index (χ2n) is 6.06. The van der Waals surface area contributed by atoms with Crippen LogP contribution in [0.2, 0.25) is 0 Å². The van der Waals surface area contributed by atoms with Gasteiger partial charge in [0, 0.05) is 18.7 Å². The first-order chi connectivity index (χ1) is 10.1. The molecule has 114 valence electrons. The number of nitrogens with two attached hydrogens (primary N) is 1. The maximum absolute atomic E-state index is 5.49. The molecular formula is C18H26N2O. The summed E-state index contributed by atoms with van der Waals surface area (Å²) in [5, 5.41) is 0. The second-order valence-corrected chi connectivity index (χ2v) is 6.06. The summed E-state index contributed by atoms with van der Waals surface area (Å²) in [4.78, 5) is 2.52. The van der Waals surface area contributed by atoms with Crippen molar-refractivity contribution < 1.29 is 4.74 Å². The first-order valence-corrected chi connectivity index (χ1v) is 7.72. The van der Waals surface area contributed by atoms with Crippen LogP contribution in [0.4, 0.5) is 0 Å². The molecule has 0 spiro atoms. The number of nitrogens with zero attached hydrogens (tertiary/aromatic N) is 1. The third kappa shape index (κ3) is 4.23. The summed E-state index contributed by atoms with van der Waals surface area (Å²) in [5.74, 6) is 8.59. The Kier molecular flexibility index (Phi) is 5.67. The minimum atomic E-state index is 0.393. The fraction of sp³-hybridized carbons (Fsp3) is 0.556. The van der Waals surface area contributed by atoms with Gasteiger partial charge in [-0.05, 0) is 48.6 Å². The van der Waals surface area contributed by atoms with Crippen molar-refractivity contribution in [3.05, 3.63) is 29.3 Å². The molecule has 2 N–H and O–H groups in total. The molecule has 1 saturated heterocycles. The van der Waals surface area contributed by atoms with Gasteiger partial charge in [-0.2, -0.15) is 0 Å². The first kappa shape index (κ1) is 15.9. The van der Waals surface area contributed by atoms with E-state index in [0.29, 0.717) is 6.54 Å². The molecule has 0 radical (unpaired) electrons. The molecule has 1 fully saturated rings. The average Bonchev–Trinajstić information content (AvgIpc) is 2.94. The molecule has 1 aromatic carbocycles. The predicted octanol–water partition coefficient (Wildman–Crippen LogP) is 2.48. The summed E-state index contributed by atoms with van der Waals surface area (Å²) in [6, 6.07) is 6.10. The number of benzene rings is 1. The van der Waals surface area contributed by atoms with Gasteiger partial charge in [0.15, 0.2) is 0 Å². The Morgan fingerprint density at radius 3 is 2.86 bits per heavy atom. The highest BCUT2D eigenvalue weighted by Gasteiger charge is 2.25. The molecular weight excluding hydrogens is 260 g/mol. The van der Waals surface area contributed by atoms with Gasteiger partial charge in [-0.25, -0.2) is 0 Å². The number of likely N-dealkylation sites (tertiary alicyclic amines) is 1. The van der Waals surface area contributed by atoms with E-state index >= 15 is 0 Å². The molecule has 1 heterocycles. The van der Waals surface area contributed by atoms with Gasteiger partial charge in [-0.3, -0.25) is 4.90 Å². The van der Waals surface area contributed by atoms with Gasteiger partial charge < -0.3 is 10.5 Å². The van der Waals surface area contributed by atoms with Crippen LogP contribution in [0, 0.1) is 23.7 Å². The molecule has 0 saturated carbocycles. The van der Waals surface area contributed by atoms with Crippen molar-refractivity contribution in [3.8, 4) is 17.6 Å². The van der Waals surface area contributed by atoms with Crippen molar-refractivity contribution in [2.24, 2.45) is 17.6 Å². The van der Waals surface area contributed by atoms with E-state index in [1.807, 2.05) is 12.1 Å². The molecule has 3 nitrogen and oxygen atoms in total. The quantitative estimate of drug-likeness (QED) is 0.864. The standard InChI is InChI=1S/C18H26N2O/c1-14(2)16-8-10-20(12-16)13-17-11-18(21-3)7-6-15(17)5-4-9-19/h6-7,11,14,16H,8-10,12-13,19H2,1-3H3. The van der Waals surface area contributed by atoms with Gasteiger partial charge in [-0.1, -0.05) is 25.7 Å². The lowest BCUT2D eigenvalue weighted by atomic mass is 9.95. The molecule has 0 amide bonds. The van der Waals surface area contributed by atoms with Crippen molar-refractivity contribution in [2.75, 3.05) is 26.7 Å². The van der Waals surface area contributed by atoms with Crippen LogP contribution in [0.5, 0.6) is 5.75 Å². The second kappa shape index (κ2) is 7.49. The van der Waals surface area contributed by atoms with E-state index in [0.717, 1.165) is 29.7 Å². The van der Waals surface area contributed by atoms with Crippen LogP contribution >= 0.6 is 0 Å². The Morgan fingerprint density at radius 2 is 2.24 bits per heavy atom.